The SMILES string of the molecule is Cc1cccc(C(C(=O)NC(C)C)N(C(=O)C(Cc2ccc(O)cc2)NC(=O)OC(C)(C)C)C2CC2)c1. The lowest BCUT2D eigenvalue weighted by molar-refractivity contribution is -0.143. The third-order valence-corrected chi connectivity index (χ3v) is 5.88. The predicted molar refractivity (Wildman–Crippen MR) is 142 cm³/mol. The van der Waals surface area contributed by atoms with Gasteiger partial charge >= 0.3 is 6.09 Å². The van der Waals surface area contributed by atoms with Crippen molar-refractivity contribution in [1.82, 2.24) is 15.5 Å². The topological polar surface area (TPSA) is 108 Å². The fourth-order valence-corrected chi connectivity index (χ4v) is 4.21. The van der Waals surface area contributed by atoms with Crippen molar-refractivity contribution >= 4 is 17.9 Å². The molecular formula is C29H39N3O5. The van der Waals surface area contributed by atoms with Gasteiger partial charge in [0.05, 0.1) is 0 Å². The van der Waals surface area contributed by atoms with Gasteiger partial charge in [-0.3, -0.25) is 9.59 Å². The fraction of sp³-hybridized carbons (Fsp3) is 0.483. The number of rotatable bonds is 9. The summed E-state index contributed by atoms with van der Waals surface area (Å²) in [5.74, 6) is -0.510. The summed E-state index contributed by atoms with van der Waals surface area (Å²) in [5.41, 5.74) is 1.71. The molecule has 0 saturated heterocycles. The van der Waals surface area contributed by atoms with Crippen LogP contribution in [0, 0.1) is 6.92 Å². The maximum atomic E-state index is 14.2. The molecule has 3 amide bonds. The van der Waals surface area contributed by atoms with E-state index in [1.165, 1.54) is 12.1 Å². The van der Waals surface area contributed by atoms with Crippen LogP contribution in [-0.2, 0) is 20.7 Å². The minimum Gasteiger partial charge on any atom is -0.508 e. The zero-order valence-electron chi connectivity index (χ0n) is 22.6. The number of carbonyl (C=O) groups excluding carboxylic acids is 3. The van der Waals surface area contributed by atoms with E-state index in [0.717, 1.165) is 29.5 Å². The van der Waals surface area contributed by atoms with Crippen molar-refractivity contribution in [1.29, 1.82) is 0 Å². The minimum atomic E-state index is -0.973. The smallest absolute Gasteiger partial charge is 0.408 e. The highest BCUT2D eigenvalue weighted by atomic mass is 16.6. The first-order valence-electron chi connectivity index (χ1n) is 12.8. The molecule has 1 aliphatic carbocycles. The van der Waals surface area contributed by atoms with Crippen molar-refractivity contribution in [3.05, 3.63) is 65.2 Å². The molecule has 2 atom stereocenters. The van der Waals surface area contributed by atoms with E-state index < -0.39 is 23.8 Å². The number of hydrogen-bond donors (Lipinski definition) is 3. The summed E-state index contributed by atoms with van der Waals surface area (Å²) < 4.78 is 5.45. The lowest BCUT2D eigenvalue weighted by Gasteiger charge is -2.35. The van der Waals surface area contributed by atoms with Crippen molar-refractivity contribution in [2.24, 2.45) is 0 Å². The lowest BCUT2D eigenvalue weighted by atomic mass is 9.98. The average Bonchev–Trinajstić information content (AvgIpc) is 3.61. The average molecular weight is 510 g/mol. The number of nitrogens with one attached hydrogen (secondary N) is 2. The minimum absolute atomic E-state index is 0.108. The number of ether oxygens (including phenoxy) is 1. The molecule has 0 heterocycles. The Kier molecular flexibility index (Phi) is 8.84. The van der Waals surface area contributed by atoms with Crippen LogP contribution < -0.4 is 10.6 Å². The van der Waals surface area contributed by atoms with Gasteiger partial charge in [-0.2, -0.15) is 0 Å². The van der Waals surface area contributed by atoms with Gasteiger partial charge in [0.25, 0.3) is 0 Å². The summed E-state index contributed by atoms with van der Waals surface area (Å²) in [5, 5.41) is 15.4. The molecule has 3 N–H and O–H groups in total. The molecule has 2 aromatic carbocycles. The van der Waals surface area contributed by atoms with E-state index in [4.69, 9.17) is 4.74 Å². The Labute approximate surface area is 219 Å². The molecule has 200 valence electrons. The van der Waals surface area contributed by atoms with Crippen LogP contribution in [-0.4, -0.2) is 51.6 Å². The van der Waals surface area contributed by atoms with Gasteiger partial charge in [-0.15, -0.1) is 0 Å². The fourth-order valence-electron chi connectivity index (χ4n) is 4.21. The van der Waals surface area contributed by atoms with Crippen molar-refractivity contribution in [2.75, 3.05) is 0 Å². The van der Waals surface area contributed by atoms with Gasteiger partial charge in [-0.05, 0) is 77.6 Å². The van der Waals surface area contributed by atoms with Crippen LogP contribution in [0.5, 0.6) is 5.75 Å². The first-order valence-corrected chi connectivity index (χ1v) is 12.8. The largest absolute Gasteiger partial charge is 0.508 e. The summed E-state index contributed by atoms with van der Waals surface area (Å²) in [7, 11) is 0. The normalized spacial score (nSPS) is 15.0. The van der Waals surface area contributed by atoms with Crippen LogP contribution in [0.3, 0.4) is 0 Å². The van der Waals surface area contributed by atoms with E-state index in [1.54, 1.807) is 37.8 Å². The molecule has 1 fully saturated rings. The van der Waals surface area contributed by atoms with Gasteiger partial charge in [0, 0.05) is 18.5 Å². The summed E-state index contributed by atoms with van der Waals surface area (Å²) in [4.78, 5) is 42.1. The van der Waals surface area contributed by atoms with Crippen molar-refractivity contribution in [3.63, 3.8) is 0 Å². The van der Waals surface area contributed by atoms with E-state index in [1.807, 2.05) is 45.0 Å². The van der Waals surface area contributed by atoms with E-state index in [0.29, 0.717) is 0 Å². The van der Waals surface area contributed by atoms with Gasteiger partial charge in [0.1, 0.15) is 23.4 Å². The molecule has 1 aliphatic rings. The lowest BCUT2D eigenvalue weighted by Crippen LogP contribution is -2.55. The molecule has 8 heteroatoms. The molecular weight excluding hydrogens is 470 g/mol. The van der Waals surface area contributed by atoms with Gasteiger partial charge < -0.3 is 25.4 Å². The van der Waals surface area contributed by atoms with Gasteiger partial charge in [0.15, 0.2) is 0 Å². The van der Waals surface area contributed by atoms with Gasteiger partial charge in [0.2, 0.25) is 11.8 Å². The Morgan fingerprint density at radius 1 is 1.05 bits per heavy atom. The second-order valence-corrected chi connectivity index (χ2v) is 11.0. The first-order chi connectivity index (χ1) is 17.3. The molecule has 0 radical (unpaired) electrons. The van der Waals surface area contributed by atoms with Crippen LogP contribution in [0.1, 0.15) is 70.2 Å². The molecule has 0 spiro atoms. The molecule has 2 aromatic rings. The maximum absolute atomic E-state index is 14.2. The molecule has 8 nitrogen and oxygen atoms in total. The van der Waals surface area contributed by atoms with E-state index >= 15 is 0 Å². The highest BCUT2D eigenvalue weighted by Crippen LogP contribution is 2.36. The zero-order chi connectivity index (χ0) is 27.3. The number of hydrogen-bond acceptors (Lipinski definition) is 5. The highest BCUT2D eigenvalue weighted by Gasteiger charge is 2.44. The van der Waals surface area contributed by atoms with E-state index in [9.17, 15) is 19.5 Å². The van der Waals surface area contributed by atoms with Crippen LogP contribution in [0.2, 0.25) is 0 Å². The van der Waals surface area contributed by atoms with Gasteiger partial charge in [-0.1, -0.05) is 42.0 Å². The number of aryl methyl sites for hydroxylation is 1. The summed E-state index contributed by atoms with van der Waals surface area (Å²) in [6.45, 7) is 11.0. The monoisotopic (exact) mass is 509 g/mol. The molecule has 1 saturated carbocycles. The Morgan fingerprint density at radius 2 is 1.70 bits per heavy atom. The molecule has 0 bridgehead atoms. The Bertz CT molecular complexity index is 1100. The predicted octanol–water partition coefficient (Wildman–Crippen LogP) is 4.39. The molecule has 0 aliphatic heterocycles. The summed E-state index contributed by atoms with van der Waals surface area (Å²) >= 11 is 0. The van der Waals surface area contributed by atoms with Crippen LogP contribution in [0.25, 0.3) is 0 Å². The van der Waals surface area contributed by atoms with E-state index in [2.05, 4.69) is 10.6 Å². The Balaban J connectivity index is 2.00. The standard InChI is InChI=1S/C29H39N3O5/c1-18(2)30-26(34)25(21-9-7-8-19(3)16-21)32(22-12-13-22)27(35)24(31-28(36)37-29(4,5)6)17-20-10-14-23(33)15-11-20/h7-11,14-16,18,22,24-25,33H,12-13,17H2,1-6H3,(H,30,34)(H,31,36). The zero-order valence-corrected chi connectivity index (χ0v) is 22.6. The number of phenolic OH excluding ortho intramolecular Hbond substituents is 1. The quantitative estimate of drug-likeness (QED) is 0.465. The van der Waals surface area contributed by atoms with Crippen LogP contribution >= 0.6 is 0 Å². The Morgan fingerprint density at radius 3 is 2.24 bits per heavy atom. The number of nitrogens with zero attached hydrogens (tertiary/aromatic N) is 1. The molecule has 3 rings (SSSR count). The first kappa shape index (κ1) is 28.0. The summed E-state index contributed by atoms with van der Waals surface area (Å²) in [6, 6.07) is 12.1. The third-order valence-electron chi connectivity index (χ3n) is 5.88. The second-order valence-electron chi connectivity index (χ2n) is 11.0. The molecule has 37 heavy (non-hydrogen) atoms. The van der Waals surface area contributed by atoms with Gasteiger partial charge in [-0.25, -0.2) is 4.79 Å². The molecule has 0 aromatic heterocycles. The maximum Gasteiger partial charge on any atom is 0.408 e. The Hall–Kier alpha value is -3.55. The molecule has 2 unspecified atom stereocenters. The van der Waals surface area contributed by atoms with Crippen molar-refractivity contribution in [3.8, 4) is 5.75 Å². The van der Waals surface area contributed by atoms with Crippen molar-refractivity contribution in [2.45, 2.75) is 90.6 Å². The number of alkyl carbamates (subject to hydrolysis) is 1. The summed E-state index contributed by atoms with van der Waals surface area (Å²) in [6.07, 6.45) is 1.02. The number of phenols is 1. The van der Waals surface area contributed by atoms with E-state index in [-0.39, 0.29) is 36.1 Å². The number of carbonyl (C=O) groups is 3. The van der Waals surface area contributed by atoms with Crippen LogP contribution in [0.4, 0.5) is 4.79 Å². The number of benzene rings is 2. The second kappa shape index (κ2) is 11.7. The number of amides is 3. The number of aromatic hydroxyl groups is 1. The van der Waals surface area contributed by atoms with Crippen molar-refractivity contribution < 1.29 is 24.2 Å². The highest BCUT2D eigenvalue weighted by molar-refractivity contribution is 5.93. The third kappa shape index (κ3) is 8.23. The van der Waals surface area contributed by atoms with Crippen LogP contribution in [0.15, 0.2) is 48.5 Å².